The average Bonchev–Trinajstić information content (AvgIpc) is 2.66. The van der Waals surface area contributed by atoms with E-state index < -0.39 is 0 Å². The first kappa shape index (κ1) is 11.6. The number of hydrogen-bond donors (Lipinski definition) is 1. The molecule has 0 saturated heterocycles. The topological polar surface area (TPSA) is 56.7 Å². The summed E-state index contributed by atoms with van der Waals surface area (Å²) in [6.45, 7) is 0.329. The lowest BCUT2D eigenvalue weighted by Crippen LogP contribution is -1.96. The molecule has 0 unspecified atom stereocenters. The third-order valence-corrected chi connectivity index (χ3v) is 1.82. The molecule has 4 nitrogen and oxygen atoms in total. The number of hydrogen-bond acceptors (Lipinski definition) is 3. The summed E-state index contributed by atoms with van der Waals surface area (Å²) >= 11 is 0. The van der Waals surface area contributed by atoms with E-state index in [0.717, 1.165) is 0 Å². The normalized spacial score (nSPS) is 9.73. The number of halogens is 2. The van der Waals surface area contributed by atoms with Gasteiger partial charge in [0.25, 0.3) is 0 Å². The molecular weight excluding hydrogens is 219 g/mol. The van der Waals surface area contributed by atoms with Gasteiger partial charge in [-0.1, -0.05) is 11.3 Å². The molecule has 2 aromatic rings. The summed E-state index contributed by atoms with van der Waals surface area (Å²) in [5, 5.41) is 7.62. The summed E-state index contributed by atoms with van der Waals surface area (Å²) in [6, 6.07) is 6.13. The molecular formula is C9H10ClFN4. The lowest BCUT2D eigenvalue weighted by Gasteiger charge is -1.98. The summed E-state index contributed by atoms with van der Waals surface area (Å²) in [7, 11) is 0. The van der Waals surface area contributed by atoms with Crippen molar-refractivity contribution < 1.29 is 4.39 Å². The standard InChI is InChI=1S/C9H9FN4.ClH/c10-7-2-1-3-9(4-7)14-6-8(5-11)12-13-14;/h1-4,6H,5,11H2;1H. The predicted molar refractivity (Wildman–Crippen MR) is 56.5 cm³/mol. The van der Waals surface area contributed by atoms with Crippen molar-refractivity contribution in [2.24, 2.45) is 5.73 Å². The van der Waals surface area contributed by atoms with E-state index in [1.54, 1.807) is 18.3 Å². The molecule has 0 atom stereocenters. The van der Waals surface area contributed by atoms with Gasteiger partial charge in [-0.2, -0.15) is 0 Å². The zero-order valence-electron chi connectivity index (χ0n) is 7.80. The third kappa shape index (κ3) is 2.51. The molecule has 0 spiro atoms. The summed E-state index contributed by atoms with van der Waals surface area (Å²) in [4.78, 5) is 0. The molecule has 0 fully saturated rings. The van der Waals surface area contributed by atoms with Crippen LogP contribution in [-0.2, 0) is 6.54 Å². The van der Waals surface area contributed by atoms with E-state index in [2.05, 4.69) is 10.3 Å². The van der Waals surface area contributed by atoms with Crippen molar-refractivity contribution in [2.45, 2.75) is 6.54 Å². The Morgan fingerprint density at radius 2 is 2.20 bits per heavy atom. The minimum Gasteiger partial charge on any atom is -0.325 e. The second-order valence-corrected chi connectivity index (χ2v) is 2.84. The summed E-state index contributed by atoms with van der Waals surface area (Å²) < 4.78 is 14.3. The molecule has 0 amide bonds. The van der Waals surface area contributed by atoms with Gasteiger partial charge in [-0.15, -0.1) is 17.5 Å². The Hall–Kier alpha value is -1.46. The Bertz CT molecular complexity index is 443. The number of nitrogens with two attached hydrogens (primary N) is 1. The summed E-state index contributed by atoms with van der Waals surface area (Å²) in [6.07, 6.45) is 1.68. The number of nitrogens with zero attached hydrogens (tertiary/aromatic N) is 3. The van der Waals surface area contributed by atoms with E-state index in [-0.39, 0.29) is 18.2 Å². The minimum absolute atomic E-state index is 0. The molecule has 0 radical (unpaired) electrons. The predicted octanol–water partition coefficient (Wildman–Crippen LogP) is 1.29. The van der Waals surface area contributed by atoms with Crippen molar-refractivity contribution in [3.63, 3.8) is 0 Å². The molecule has 0 aliphatic carbocycles. The molecule has 15 heavy (non-hydrogen) atoms. The van der Waals surface area contributed by atoms with E-state index in [9.17, 15) is 4.39 Å². The van der Waals surface area contributed by atoms with Crippen molar-refractivity contribution in [3.05, 3.63) is 42.0 Å². The van der Waals surface area contributed by atoms with Gasteiger partial charge in [-0.3, -0.25) is 0 Å². The molecule has 1 aromatic carbocycles. The molecule has 2 N–H and O–H groups in total. The molecule has 2 rings (SSSR count). The highest BCUT2D eigenvalue weighted by atomic mass is 35.5. The number of benzene rings is 1. The fraction of sp³-hybridized carbons (Fsp3) is 0.111. The van der Waals surface area contributed by atoms with Crippen molar-refractivity contribution in [1.29, 1.82) is 0 Å². The molecule has 0 bridgehead atoms. The van der Waals surface area contributed by atoms with Crippen molar-refractivity contribution in [3.8, 4) is 5.69 Å². The second kappa shape index (κ2) is 4.86. The molecule has 0 aliphatic heterocycles. The minimum atomic E-state index is -0.299. The van der Waals surface area contributed by atoms with Crippen molar-refractivity contribution >= 4 is 12.4 Å². The van der Waals surface area contributed by atoms with Gasteiger partial charge in [-0.05, 0) is 18.2 Å². The Kier molecular flexibility index (Phi) is 3.76. The maximum Gasteiger partial charge on any atom is 0.125 e. The zero-order valence-corrected chi connectivity index (χ0v) is 8.62. The van der Waals surface area contributed by atoms with Gasteiger partial charge in [-0.25, -0.2) is 9.07 Å². The molecule has 1 aromatic heterocycles. The first-order chi connectivity index (χ1) is 6.79. The molecule has 80 valence electrons. The smallest absolute Gasteiger partial charge is 0.125 e. The number of aromatic nitrogens is 3. The van der Waals surface area contributed by atoms with Crippen LogP contribution < -0.4 is 5.73 Å². The SMILES string of the molecule is Cl.NCc1cn(-c2cccc(F)c2)nn1. The van der Waals surface area contributed by atoms with Crippen LogP contribution in [0.4, 0.5) is 4.39 Å². The van der Waals surface area contributed by atoms with Gasteiger partial charge in [0.2, 0.25) is 0 Å². The van der Waals surface area contributed by atoms with E-state index in [0.29, 0.717) is 17.9 Å². The van der Waals surface area contributed by atoms with Gasteiger partial charge >= 0.3 is 0 Å². The van der Waals surface area contributed by atoms with E-state index in [1.807, 2.05) is 0 Å². The lowest BCUT2D eigenvalue weighted by atomic mass is 10.3. The van der Waals surface area contributed by atoms with Crippen molar-refractivity contribution in [2.75, 3.05) is 0 Å². The van der Waals surface area contributed by atoms with Crippen LogP contribution in [0.3, 0.4) is 0 Å². The van der Waals surface area contributed by atoms with Crippen LogP contribution in [0.5, 0.6) is 0 Å². The quantitative estimate of drug-likeness (QED) is 0.843. The van der Waals surface area contributed by atoms with Crippen LogP contribution in [0.15, 0.2) is 30.5 Å². The Labute approximate surface area is 92.3 Å². The fourth-order valence-electron chi connectivity index (χ4n) is 1.14. The Morgan fingerprint density at radius 1 is 1.40 bits per heavy atom. The molecule has 0 saturated carbocycles. The van der Waals surface area contributed by atoms with E-state index in [1.165, 1.54) is 16.8 Å². The third-order valence-electron chi connectivity index (χ3n) is 1.82. The number of rotatable bonds is 2. The van der Waals surface area contributed by atoms with Crippen LogP contribution in [0, 0.1) is 5.82 Å². The van der Waals surface area contributed by atoms with Gasteiger partial charge in [0.1, 0.15) is 5.82 Å². The van der Waals surface area contributed by atoms with Gasteiger partial charge < -0.3 is 5.73 Å². The Balaban J connectivity index is 0.00000112. The molecule has 6 heteroatoms. The maximum absolute atomic E-state index is 12.9. The monoisotopic (exact) mass is 228 g/mol. The average molecular weight is 229 g/mol. The maximum atomic E-state index is 12.9. The van der Waals surface area contributed by atoms with Crippen LogP contribution in [0.25, 0.3) is 5.69 Å². The highest BCUT2D eigenvalue weighted by Crippen LogP contribution is 2.08. The van der Waals surface area contributed by atoms with Crippen molar-refractivity contribution in [1.82, 2.24) is 15.0 Å². The Morgan fingerprint density at radius 3 is 2.80 bits per heavy atom. The van der Waals surface area contributed by atoms with Crippen LogP contribution in [-0.4, -0.2) is 15.0 Å². The summed E-state index contributed by atoms with van der Waals surface area (Å²) in [5.41, 5.74) is 6.69. The van der Waals surface area contributed by atoms with Gasteiger partial charge in [0.15, 0.2) is 0 Å². The van der Waals surface area contributed by atoms with Gasteiger partial charge in [0.05, 0.1) is 17.6 Å². The fourth-order valence-corrected chi connectivity index (χ4v) is 1.14. The lowest BCUT2D eigenvalue weighted by molar-refractivity contribution is 0.625. The largest absolute Gasteiger partial charge is 0.325 e. The van der Waals surface area contributed by atoms with Crippen LogP contribution >= 0.6 is 12.4 Å². The van der Waals surface area contributed by atoms with E-state index >= 15 is 0 Å². The molecule has 0 aliphatic rings. The summed E-state index contributed by atoms with van der Waals surface area (Å²) in [5.74, 6) is -0.299. The first-order valence-electron chi connectivity index (χ1n) is 4.17. The first-order valence-corrected chi connectivity index (χ1v) is 4.17. The van der Waals surface area contributed by atoms with Gasteiger partial charge in [0, 0.05) is 6.54 Å². The van der Waals surface area contributed by atoms with Crippen LogP contribution in [0.2, 0.25) is 0 Å². The zero-order chi connectivity index (χ0) is 9.97. The molecule has 1 heterocycles. The second-order valence-electron chi connectivity index (χ2n) is 2.84. The highest BCUT2D eigenvalue weighted by molar-refractivity contribution is 5.85. The van der Waals surface area contributed by atoms with Crippen LogP contribution in [0.1, 0.15) is 5.69 Å². The van der Waals surface area contributed by atoms with E-state index in [4.69, 9.17) is 5.73 Å². The highest BCUT2D eigenvalue weighted by Gasteiger charge is 2.01.